The highest BCUT2D eigenvalue weighted by atomic mass is 19.4. The molecule has 68 valence electrons. The van der Waals surface area contributed by atoms with Gasteiger partial charge >= 0.3 is 12.3 Å². The van der Waals surface area contributed by atoms with E-state index in [-0.39, 0.29) is 0 Å². The zero-order valence-electron chi connectivity index (χ0n) is 5.32. The average molecular weight is 180 g/mol. The van der Waals surface area contributed by atoms with Crippen molar-refractivity contribution in [3.63, 3.8) is 0 Å². The molecule has 1 unspecified atom stereocenters. The van der Waals surface area contributed by atoms with Crippen LogP contribution >= 0.6 is 0 Å². The molecule has 0 aromatic heterocycles. The molecule has 0 heterocycles. The molecule has 2 nitrogen and oxygen atoms in total. The van der Waals surface area contributed by atoms with Gasteiger partial charge in [-0.1, -0.05) is 0 Å². The number of alkyl halides is 5. The Kier molecular flexibility index (Phi) is 2.79. The van der Waals surface area contributed by atoms with E-state index in [4.69, 9.17) is 5.11 Å². The minimum absolute atomic E-state index is 0.652. The van der Waals surface area contributed by atoms with Gasteiger partial charge in [-0.3, -0.25) is 4.74 Å². The lowest BCUT2D eigenvalue weighted by molar-refractivity contribution is -0.417. The van der Waals surface area contributed by atoms with Crippen LogP contribution in [0.15, 0.2) is 0 Å². The first-order chi connectivity index (χ1) is 4.67. The third kappa shape index (κ3) is 2.98. The number of ether oxygens (including phenoxy) is 1. The van der Waals surface area contributed by atoms with Gasteiger partial charge < -0.3 is 5.11 Å². The van der Waals surface area contributed by atoms with Crippen LogP contribution in [-0.4, -0.2) is 23.7 Å². The second-order valence-corrected chi connectivity index (χ2v) is 1.73. The number of halogens is 5. The molecule has 0 amide bonds. The molecule has 0 aromatic carbocycles. The van der Waals surface area contributed by atoms with Gasteiger partial charge in [-0.15, -0.1) is 0 Å². The minimum Gasteiger partial charge on any atom is -0.368 e. The van der Waals surface area contributed by atoms with Crippen molar-refractivity contribution in [2.24, 2.45) is 0 Å². The molecule has 1 atom stereocenters. The summed E-state index contributed by atoms with van der Waals surface area (Å²) in [6, 6.07) is 0. The second kappa shape index (κ2) is 2.90. The lowest BCUT2D eigenvalue weighted by Gasteiger charge is -2.20. The Hall–Kier alpha value is -0.430. The molecule has 0 spiro atoms. The van der Waals surface area contributed by atoms with Gasteiger partial charge in [0.15, 0.2) is 6.29 Å². The second-order valence-electron chi connectivity index (χ2n) is 1.73. The lowest BCUT2D eigenvalue weighted by atomic mass is 10.6. The summed E-state index contributed by atoms with van der Waals surface area (Å²) in [5.74, 6) is 0. The first-order valence-electron chi connectivity index (χ1n) is 2.47. The molecular weight excluding hydrogens is 175 g/mol. The van der Waals surface area contributed by atoms with Crippen LogP contribution in [0.2, 0.25) is 0 Å². The molecular formula is C4H5F5O2. The zero-order chi connectivity index (χ0) is 9.28. The molecule has 0 saturated carbocycles. The van der Waals surface area contributed by atoms with E-state index in [0.717, 1.165) is 0 Å². The smallest absolute Gasteiger partial charge is 0.368 e. The summed E-state index contributed by atoms with van der Waals surface area (Å²) in [5, 5.41) is 8.05. The molecule has 0 aliphatic heterocycles. The standard InChI is InChI=1S/C4H5F5O2/c1-2(10)11-4(8,9)3(5,6)7/h2,10H,1H3. The van der Waals surface area contributed by atoms with E-state index in [9.17, 15) is 22.0 Å². The molecule has 0 radical (unpaired) electrons. The van der Waals surface area contributed by atoms with Crippen LogP contribution in [0.3, 0.4) is 0 Å². The maximum Gasteiger partial charge on any atom is 0.483 e. The Labute approximate surface area is 58.6 Å². The van der Waals surface area contributed by atoms with Crippen molar-refractivity contribution in [2.45, 2.75) is 25.5 Å². The molecule has 0 aromatic rings. The SMILES string of the molecule is CC(O)OC(F)(F)C(F)(F)F. The fourth-order valence-electron chi connectivity index (χ4n) is 0.281. The third-order valence-corrected chi connectivity index (χ3v) is 0.649. The fraction of sp³-hybridized carbons (Fsp3) is 1.00. The average Bonchev–Trinajstić information content (AvgIpc) is 1.56. The Bertz CT molecular complexity index is 129. The molecule has 0 aliphatic rings. The molecule has 0 aliphatic carbocycles. The van der Waals surface area contributed by atoms with Crippen molar-refractivity contribution >= 4 is 0 Å². The van der Waals surface area contributed by atoms with E-state index in [0.29, 0.717) is 6.92 Å². The van der Waals surface area contributed by atoms with Crippen molar-refractivity contribution in [2.75, 3.05) is 0 Å². The van der Waals surface area contributed by atoms with Gasteiger partial charge in [0.1, 0.15) is 0 Å². The van der Waals surface area contributed by atoms with Gasteiger partial charge in [0.25, 0.3) is 0 Å². The predicted octanol–water partition coefficient (Wildman–Crippen LogP) is 1.50. The van der Waals surface area contributed by atoms with E-state index in [2.05, 4.69) is 4.74 Å². The Morgan fingerprint density at radius 3 is 1.64 bits per heavy atom. The van der Waals surface area contributed by atoms with Crippen LogP contribution in [0.4, 0.5) is 22.0 Å². The monoisotopic (exact) mass is 180 g/mol. The summed E-state index contributed by atoms with van der Waals surface area (Å²) < 4.78 is 59.9. The highest BCUT2D eigenvalue weighted by molar-refractivity contribution is 4.63. The van der Waals surface area contributed by atoms with E-state index in [1.807, 2.05) is 0 Å². The lowest BCUT2D eigenvalue weighted by Crippen LogP contribution is -2.41. The summed E-state index contributed by atoms with van der Waals surface area (Å²) in [5.41, 5.74) is 0. The molecule has 0 bridgehead atoms. The number of hydrogen-bond donors (Lipinski definition) is 1. The molecule has 0 fully saturated rings. The number of hydrogen-bond acceptors (Lipinski definition) is 2. The normalized spacial score (nSPS) is 16.6. The van der Waals surface area contributed by atoms with Gasteiger partial charge in [-0.25, -0.2) is 0 Å². The summed E-state index contributed by atoms with van der Waals surface area (Å²) in [4.78, 5) is 0. The van der Waals surface area contributed by atoms with Crippen molar-refractivity contribution in [1.82, 2.24) is 0 Å². The highest BCUT2D eigenvalue weighted by Gasteiger charge is 2.60. The molecule has 0 rings (SSSR count). The van der Waals surface area contributed by atoms with Gasteiger partial charge in [0, 0.05) is 0 Å². The number of aliphatic hydroxyl groups excluding tert-OH is 1. The van der Waals surface area contributed by atoms with Gasteiger partial charge in [0.2, 0.25) is 0 Å². The topological polar surface area (TPSA) is 29.5 Å². The third-order valence-electron chi connectivity index (χ3n) is 0.649. The fourth-order valence-corrected chi connectivity index (χ4v) is 0.281. The molecule has 11 heavy (non-hydrogen) atoms. The molecule has 1 N–H and O–H groups in total. The largest absolute Gasteiger partial charge is 0.483 e. The van der Waals surface area contributed by atoms with Crippen molar-refractivity contribution in [3.05, 3.63) is 0 Å². The predicted molar refractivity (Wildman–Crippen MR) is 23.8 cm³/mol. The first kappa shape index (κ1) is 10.6. The van der Waals surface area contributed by atoms with Crippen LogP contribution in [0.5, 0.6) is 0 Å². The van der Waals surface area contributed by atoms with Crippen molar-refractivity contribution in [3.8, 4) is 0 Å². The maximum atomic E-state index is 11.7. The molecule has 0 saturated heterocycles. The van der Waals surface area contributed by atoms with Crippen LogP contribution in [0, 0.1) is 0 Å². The Balaban J connectivity index is 4.22. The highest BCUT2D eigenvalue weighted by Crippen LogP contribution is 2.36. The quantitative estimate of drug-likeness (QED) is 0.515. The van der Waals surface area contributed by atoms with Crippen LogP contribution in [0.25, 0.3) is 0 Å². The van der Waals surface area contributed by atoms with Crippen molar-refractivity contribution in [1.29, 1.82) is 0 Å². The van der Waals surface area contributed by atoms with E-state index >= 15 is 0 Å². The number of aliphatic hydroxyl groups is 1. The van der Waals surface area contributed by atoms with E-state index in [1.165, 1.54) is 0 Å². The summed E-state index contributed by atoms with van der Waals surface area (Å²) in [6.07, 6.45) is -13.2. The maximum absolute atomic E-state index is 11.7. The van der Waals surface area contributed by atoms with Gasteiger partial charge in [-0.05, 0) is 6.92 Å². The Morgan fingerprint density at radius 2 is 1.55 bits per heavy atom. The summed E-state index contributed by atoms with van der Waals surface area (Å²) in [6.45, 7) is 0.652. The first-order valence-corrected chi connectivity index (χ1v) is 2.47. The van der Waals surface area contributed by atoms with E-state index in [1.54, 1.807) is 0 Å². The number of rotatable bonds is 2. The Morgan fingerprint density at radius 1 is 1.18 bits per heavy atom. The minimum atomic E-state index is -5.79. The summed E-state index contributed by atoms with van der Waals surface area (Å²) in [7, 11) is 0. The van der Waals surface area contributed by atoms with E-state index < -0.39 is 18.6 Å². The van der Waals surface area contributed by atoms with Crippen LogP contribution in [0.1, 0.15) is 6.92 Å². The molecule has 7 heteroatoms. The van der Waals surface area contributed by atoms with Crippen LogP contribution in [-0.2, 0) is 4.74 Å². The van der Waals surface area contributed by atoms with Gasteiger partial charge in [-0.2, -0.15) is 22.0 Å². The zero-order valence-corrected chi connectivity index (χ0v) is 5.32. The van der Waals surface area contributed by atoms with Gasteiger partial charge in [0.05, 0.1) is 0 Å². The summed E-state index contributed by atoms with van der Waals surface area (Å²) >= 11 is 0. The van der Waals surface area contributed by atoms with Crippen LogP contribution < -0.4 is 0 Å². The van der Waals surface area contributed by atoms with Crippen molar-refractivity contribution < 1.29 is 31.8 Å².